The third-order valence-electron chi connectivity index (χ3n) is 3.68. The van der Waals surface area contributed by atoms with Gasteiger partial charge in [-0.2, -0.15) is 0 Å². The SMILES string of the molecule is CN=C(NCCCOCCOC)NCC(c1ccccc1)N(C)C.I. The van der Waals surface area contributed by atoms with Crippen molar-refractivity contribution < 1.29 is 9.47 Å². The lowest BCUT2D eigenvalue weighted by Gasteiger charge is -2.26. The average molecular weight is 464 g/mol. The number of guanidine groups is 1. The van der Waals surface area contributed by atoms with Gasteiger partial charge in [-0.25, -0.2) is 0 Å². The number of hydrogen-bond acceptors (Lipinski definition) is 4. The van der Waals surface area contributed by atoms with Gasteiger partial charge in [0, 0.05) is 33.9 Å². The molecule has 0 saturated heterocycles. The molecule has 0 saturated carbocycles. The highest BCUT2D eigenvalue weighted by molar-refractivity contribution is 14.0. The second kappa shape index (κ2) is 15.4. The number of benzene rings is 1. The first-order valence-electron chi connectivity index (χ1n) is 8.41. The highest BCUT2D eigenvalue weighted by atomic mass is 127. The number of rotatable bonds is 11. The quantitative estimate of drug-likeness (QED) is 0.228. The summed E-state index contributed by atoms with van der Waals surface area (Å²) < 4.78 is 10.4. The minimum absolute atomic E-state index is 0. The molecule has 144 valence electrons. The third-order valence-corrected chi connectivity index (χ3v) is 3.68. The molecule has 0 aromatic heterocycles. The zero-order valence-corrected chi connectivity index (χ0v) is 18.2. The first-order chi connectivity index (χ1) is 11.7. The Bertz CT molecular complexity index is 458. The molecule has 1 rings (SSSR count). The zero-order chi connectivity index (χ0) is 17.6. The van der Waals surface area contributed by atoms with E-state index in [1.54, 1.807) is 14.2 Å². The van der Waals surface area contributed by atoms with Crippen LogP contribution in [0, 0.1) is 0 Å². The van der Waals surface area contributed by atoms with E-state index in [1.807, 2.05) is 6.07 Å². The Hall–Kier alpha value is -0.900. The van der Waals surface area contributed by atoms with E-state index < -0.39 is 0 Å². The van der Waals surface area contributed by atoms with Crippen molar-refractivity contribution in [3.8, 4) is 0 Å². The Morgan fingerprint density at radius 2 is 1.84 bits per heavy atom. The third kappa shape index (κ3) is 10.6. The molecule has 1 aromatic carbocycles. The molecule has 2 N–H and O–H groups in total. The van der Waals surface area contributed by atoms with Crippen LogP contribution in [0.15, 0.2) is 35.3 Å². The van der Waals surface area contributed by atoms with E-state index in [9.17, 15) is 0 Å². The highest BCUT2D eigenvalue weighted by Gasteiger charge is 2.14. The van der Waals surface area contributed by atoms with Crippen molar-refractivity contribution in [1.82, 2.24) is 15.5 Å². The van der Waals surface area contributed by atoms with Gasteiger partial charge in [0.05, 0.1) is 19.3 Å². The predicted octanol–water partition coefficient (Wildman–Crippen LogP) is 2.13. The lowest BCUT2D eigenvalue weighted by Crippen LogP contribution is -2.42. The van der Waals surface area contributed by atoms with Crippen LogP contribution in [0.2, 0.25) is 0 Å². The largest absolute Gasteiger partial charge is 0.382 e. The van der Waals surface area contributed by atoms with Crippen LogP contribution < -0.4 is 10.6 Å². The van der Waals surface area contributed by atoms with Crippen molar-refractivity contribution in [2.24, 2.45) is 4.99 Å². The summed E-state index contributed by atoms with van der Waals surface area (Å²) in [6.45, 7) is 3.62. The molecular formula is C18H33IN4O2. The molecular weight excluding hydrogens is 431 g/mol. The summed E-state index contributed by atoms with van der Waals surface area (Å²) in [5.74, 6) is 0.815. The molecule has 7 heteroatoms. The van der Waals surface area contributed by atoms with Gasteiger partial charge in [0.15, 0.2) is 5.96 Å². The first kappa shape index (κ1) is 24.1. The maximum atomic E-state index is 5.45. The smallest absolute Gasteiger partial charge is 0.191 e. The molecule has 0 radical (unpaired) electrons. The number of hydrogen-bond donors (Lipinski definition) is 2. The average Bonchev–Trinajstić information content (AvgIpc) is 2.60. The summed E-state index contributed by atoms with van der Waals surface area (Å²) in [4.78, 5) is 6.48. The number of nitrogens with zero attached hydrogens (tertiary/aromatic N) is 2. The summed E-state index contributed by atoms with van der Waals surface area (Å²) in [5, 5.41) is 6.71. The van der Waals surface area contributed by atoms with Crippen LogP contribution in [0.5, 0.6) is 0 Å². The van der Waals surface area contributed by atoms with E-state index in [2.05, 4.69) is 58.9 Å². The van der Waals surface area contributed by atoms with Crippen LogP contribution >= 0.6 is 24.0 Å². The van der Waals surface area contributed by atoms with Crippen molar-refractivity contribution in [3.63, 3.8) is 0 Å². The van der Waals surface area contributed by atoms with Crippen molar-refractivity contribution in [2.45, 2.75) is 12.5 Å². The molecule has 0 amide bonds. The van der Waals surface area contributed by atoms with Gasteiger partial charge in [-0.15, -0.1) is 24.0 Å². The predicted molar refractivity (Wildman–Crippen MR) is 115 cm³/mol. The molecule has 1 atom stereocenters. The van der Waals surface area contributed by atoms with Crippen LogP contribution in [0.4, 0.5) is 0 Å². The Balaban J connectivity index is 0.00000576. The summed E-state index contributed by atoms with van der Waals surface area (Å²) in [7, 11) is 7.65. The fourth-order valence-electron chi connectivity index (χ4n) is 2.31. The minimum atomic E-state index is 0. The summed E-state index contributed by atoms with van der Waals surface area (Å²) >= 11 is 0. The van der Waals surface area contributed by atoms with Crippen LogP contribution in [-0.2, 0) is 9.47 Å². The monoisotopic (exact) mass is 464 g/mol. The lowest BCUT2D eigenvalue weighted by atomic mass is 10.1. The van der Waals surface area contributed by atoms with E-state index in [1.165, 1.54) is 5.56 Å². The molecule has 0 heterocycles. The Morgan fingerprint density at radius 1 is 1.12 bits per heavy atom. The molecule has 0 aliphatic rings. The van der Waals surface area contributed by atoms with Crippen molar-refractivity contribution >= 4 is 29.9 Å². The van der Waals surface area contributed by atoms with E-state index in [4.69, 9.17) is 9.47 Å². The molecule has 6 nitrogen and oxygen atoms in total. The van der Waals surface area contributed by atoms with Gasteiger partial charge in [-0.05, 0) is 26.1 Å². The van der Waals surface area contributed by atoms with Crippen LogP contribution in [-0.4, -0.2) is 72.0 Å². The number of aliphatic imine (C=N–C) groups is 1. The van der Waals surface area contributed by atoms with Gasteiger partial charge >= 0.3 is 0 Å². The summed E-state index contributed by atoms with van der Waals surface area (Å²) in [6, 6.07) is 10.8. The first-order valence-corrected chi connectivity index (χ1v) is 8.41. The molecule has 1 unspecified atom stereocenters. The van der Waals surface area contributed by atoms with Gasteiger partial charge in [-0.3, -0.25) is 4.99 Å². The minimum Gasteiger partial charge on any atom is -0.382 e. The van der Waals surface area contributed by atoms with Crippen LogP contribution in [0.1, 0.15) is 18.0 Å². The molecule has 0 aliphatic heterocycles. The van der Waals surface area contributed by atoms with Crippen molar-refractivity contribution in [3.05, 3.63) is 35.9 Å². The normalized spacial score (nSPS) is 12.6. The van der Waals surface area contributed by atoms with E-state index >= 15 is 0 Å². The number of likely N-dealkylation sites (N-methyl/N-ethyl adjacent to an activating group) is 1. The van der Waals surface area contributed by atoms with Gasteiger partial charge in [0.1, 0.15) is 0 Å². The van der Waals surface area contributed by atoms with Crippen LogP contribution in [0.3, 0.4) is 0 Å². The highest BCUT2D eigenvalue weighted by Crippen LogP contribution is 2.16. The maximum absolute atomic E-state index is 5.45. The topological polar surface area (TPSA) is 58.1 Å². The zero-order valence-electron chi connectivity index (χ0n) is 15.8. The molecule has 0 bridgehead atoms. The maximum Gasteiger partial charge on any atom is 0.191 e. The van der Waals surface area contributed by atoms with Gasteiger partial charge < -0.3 is 25.0 Å². The number of ether oxygens (including phenoxy) is 2. The van der Waals surface area contributed by atoms with Crippen LogP contribution in [0.25, 0.3) is 0 Å². The Labute approximate surface area is 169 Å². The van der Waals surface area contributed by atoms with E-state index in [0.29, 0.717) is 19.3 Å². The van der Waals surface area contributed by atoms with Gasteiger partial charge in [0.2, 0.25) is 0 Å². The summed E-state index contributed by atoms with van der Waals surface area (Å²) in [6.07, 6.45) is 0.931. The molecule has 0 aliphatic carbocycles. The second-order valence-corrected chi connectivity index (χ2v) is 5.73. The van der Waals surface area contributed by atoms with Crippen molar-refractivity contribution in [1.29, 1.82) is 0 Å². The fourth-order valence-corrected chi connectivity index (χ4v) is 2.31. The standard InChI is InChI=1S/C18H32N4O2.HI/c1-19-18(20-11-8-12-24-14-13-23-4)21-15-17(22(2)3)16-9-6-5-7-10-16;/h5-7,9-10,17H,8,11-15H2,1-4H3,(H2,19,20,21);1H. The molecule has 0 fully saturated rings. The Morgan fingerprint density at radius 3 is 2.44 bits per heavy atom. The second-order valence-electron chi connectivity index (χ2n) is 5.73. The number of methoxy groups -OCH3 is 1. The van der Waals surface area contributed by atoms with E-state index in [-0.39, 0.29) is 24.0 Å². The van der Waals surface area contributed by atoms with Gasteiger partial charge in [0.25, 0.3) is 0 Å². The number of halogens is 1. The molecule has 1 aromatic rings. The Kier molecular flexibility index (Phi) is 14.8. The molecule has 25 heavy (non-hydrogen) atoms. The molecule has 0 spiro atoms. The van der Waals surface area contributed by atoms with Gasteiger partial charge in [-0.1, -0.05) is 30.3 Å². The number of nitrogens with one attached hydrogen (secondary N) is 2. The fraction of sp³-hybridized carbons (Fsp3) is 0.611. The van der Waals surface area contributed by atoms with Crippen molar-refractivity contribution in [2.75, 3.05) is 61.2 Å². The lowest BCUT2D eigenvalue weighted by molar-refractivity contribution is 0.0698. The summed E-state index contributed by atoms with van der Waals surface area (Å²) in [5.41, 5.74) is 1.29. The van der Waals surface area contributed by atoms with E-state index in [0.717, 1.165) is 32.1 Å².